The van der Waals surface area contributed by atoms with E-state index in [0.29, 0.717) is 13.2 Å². The minimum Gasteiger partial charge on any atom is -0.489 e. The number of nitrogens with one attached hydrogen (secondary N) is 2. The molecule has 0 aliphatic rings. The molecule has 25 heavy (non-hydrogen) atoms. The summed E-state index contributed by atoms with van der Waals surface area (Å²) in [4.78, 5) is 23.3. The molecule has 0 spiro atoms. The molecule has 2 amide bonds. The SMILES string of the molecule is CCNC(=O)CCC(=O)Nc1ccc(OCc2ccccc2)cc1C. The van der Waals surface area contributed by atoms with Gasteiger partial charge in [-0.3, -0.25) is 9.59 Å². The molecule has 0 aliphatic heterocycles. The highest BCUT2D eigenvalue weighted by Gasteiger charge is 2.08. The van der Waals surface area contributed by atoms with Crippen LogP contribution in [0.4, 0.5) is 5.69 Å². The second kappa shape index (κ2) is 9.47. The summed E-state index contributed by atoms with van der Waals surface area (Å²) in [5.41, 5.74) is 2.74. The largest absolute Gasteiger partial charge is 0.489 e. The highest BCUT2D eigenvalue weighted by molar-refractivity contribution is 5.93. The van der Waals surface area contributed by atoms with Crippen LogP contribution in [0.1, 0.15) is 30.9 Å². The minimum absolute atomic E-state index is 0.112. The number of amides is 2. The van der Waals surface area contributed by atoms with Crippen LogP contribution in [0.15, 0.2) is 48.5 Å². The Balaban J connectivity index is 1.86. The van der Waals surface area contributed by atoms with E-state index >= 15 is 0 Å². The van der Waals surface area contributed by atoms with Crippen LogP contribution >= 0.6 is 0 Å². The van der Waals surface area contributed by atoms with Gasteiger partial charge >= 0.3 is 0 Å². The van der Waals surface area contributed by atoms with E-state index in [9.17, 15) is 9.59 Å². The molecular weight excluding hydrogens is 316 g/mol. The van der Waals surface area contributed by atoms with E-state index in [1.807, 2.05) is 62.4 Å². The van der Waals surface area contributed by atoms with Gasteiger partial charge in [0.1, 0.15) is 12.4 Å². The monoisotopic (exact) mass is 340 g/mol. The average molecular weight is 340 g/mol. The van der Waals surface area contributed by atoms with Gasteiger partial charge in [0.15, 0.2) is 0 Å². The smallest absolute Gasteiger partial charge is 0.224 e. The third-order valence-corrected chi connectivity index (χ3v) is 3.67. The highest BCUT2D eigenvalue weighted by Crippen LogP contribution is 2.22. The van der Waals surface area contributed by atoms with Gasteiger partial charge in [0.25, 0.3) is 0 Å². The van der Waals surface area contributed by atoms with E-state index in [0.717, 1.165) is 22.6 Å². The lowest BCUT2D eigenvalue weighted by molar-refractivity contribution is -0.124. The van der Waals surface area contributed by atoms with Gasteiger partial charge in [-0.05, 0) is 43.2 Å². The van der Waals surface area contributed by atoms with Crippen LogP contribution in [0.5, 0.6) is 5.75 Å². The van der Waals surface area contributed by atoms with Gasteiger partial charge in [-0.1, -0.05) is 30.3 Å². The number of anilines is 1. The summed E-state index contributed by atoms with van der Waals surface area (Å²) >= 11 is 0. The van der Waals surface area contributed by atoms with Crippen molar-refractivity contribution in [3.8, 4) is 5.75 Å². The summed E-state index contributed by atoms with van der Waals surface area (Å²) in [6, 6.07) is 15.5. The zero-order valence-electron chi connectivity index (χ0n) is 14.7. The molecule has 5 heteroatoms. The van der Waals surface area contributed by atoms with Gasteiger partial charge in [-0.15, -0.1) is 0 Å². The predicted octanol–water partition coefficient (Wildman–Crippen LogP) is 3.43. The van der Waals surface area contributed by atoms with Gasteiger partial charge in [0.2, 0.25) is 11.8 Å². The van der Waals surface area contributed by atoms with E-state index in [1.54, 1.807) is 0 Å². The van der Waals surface area contributed by atoms with Crippen molar-refractivity contribution in [1.29, 1.82) is 0 Å². The molecule has 2 aromatic carbocycles. The highest BCUT2D eigenvalue weighted by atomic mass is 16.5. The summed E-state index contributed by atoms with van der Waals surface area (Å²) in [6.07, 6.45) is 0.356. The maximum atomic E-state index is 11.9. The Morgan fingerprint density at radius 3 is 2.40 bits per heavy atom. The minimum atomic E-state index is -0.174. The van der Waals surface area contributed by atoms with Gasteiger partial charge in [0, 0.05) is 25.1 Å². The van der Waals surface area contributed by atoms with E-state index in [1.165, 1.54) is 0 Å². The van der Waals surface area contributed by atoms with Crippen LogP contribution in [0, 0.1) is 6.92 Å². The van der Waals surface area contributed by atoms with Gasteiger partial charge in [0.05, 0.1) is 0 Å². The molecule has 5 nitrogen and oxygen atoms in total. The van der Waals surface area contributed by atoms with Crippen LogP contribution in [-0.4, -0.2) is 18.4 Å². The fourth-order valence-corrected chi connectivity index (χ4v) is 2.33. The van der Waals surface area contributed by atoms with Crippen LogP contribution in [0.25, 0.3) is 0 Å². The Labute approximate surface area is 148 Å². The summed E-state index contributed by atoms with van der Waals surface area (Å²) in [7, 11) is 0. The third-order valence-electron chi connectivity index (χ3n) is 3.67. The maximum Gasteiger partial charge on any atom is 0.224 e. The molecule has 0 saturated heterocycles. The molecule has 0 fully saturated rings. The van der Waals surface area contributed by atoms with E-state index in [4.69, 9.17) is 4.74 Å². The number of ether oxygens (including phenoxy) is 1. The molecule has 2 N–H and O–H groups in total. The van der Waals surface area contributed by atoms with E-state index in [-0.39, 0.29) is 24.7 Å². The van der Waals surface area contributed by atoms with Crippen LogP contribution in [-0.2, 0) is 16.2 Å². The van der Waals surface area contributed by atoms with Crippen molar-refractivity contribution in [3.05, 3.63) is 59.7 Å². The number of carbonyl (C=O) groups excluding carboxylic acids is 2. The quantitative estimate of drug-likeness (QED) is 0.774. The molecule has 0 heterocycles. The number of hydrogen-bond donors (Lipinski definition) is 2. The van der Waals surface area contributed by atoms with Crippen molar-refractivity contribution in [3.63, 3.8) is 0 Å². The lowest BCUT2D eigenvalue weighted by atomic mass is 10.1. The second-order valence-electron chi connectivity index (χ2n) is 5.75. The molecule has 0 aromatic heterocycles. The molecule has 2 aromatic rings. The third kappa shape index (κ3) is 6.30. The van der Waals surface area contributed by atoms with Gasteiger partial charge in [-0.25, -0.2) is 0 Å². The van der Waals surface area contributed by atoms with Crippen molar-refractivity contribution >= 4 is 17.5 Å². The van der Waals surface area contributed by atoms with Crippen molar-refractivity contribution in [2.45, 2.75) is 33.3 Å². The molecule has 0 saturated carbocycles. The summed E-state index contributed by atoms with van der Waals surface area (Å²) in [5.74, 6) is 0.466. The molecule has 132 valence electrons. The zero-order chi connectivity index (χ0) is 18.1. The van der Waals surface area contributed by atoms with Crippen LogP contribution in [0.3, 0.4) is 0 Å². The van der Waals surface area contributed by atoms with E-state index < -0.39 is 0 Å². The van der Waals surface area contributed by atoms with E-state index in [2.05, 4.69) is 10.6 Å². The van der Waals surface area contributed by atoms with Crippen LogP contribution in [0.2, 0.25) is 0 Å². The van der Waals surface area contributed by atoms with Crippen molar-refractivity contribution in [2.24, 2.45) is 0 Å². The normalized spacial score (nSPS) is 10.2. The number of aryl methyl sites for hydroxylation is 1. The Morgan fingerprint density at radius 2 is 1.72 bits per heavy atom. The number of rotatable bonds is 8. The standard InChI is InChI=1S/C20H24N2O3/c1-3-21-19(23)11-12-20(24)22-18-10-9-17(13-15(18)2)25-14-16-7-5-4-6-8-16/h4-10,13H,3,11-12,14H2,1-2H3,(H,21,23)(H,22,24). The van der Waals surface area contributed by atoms with Crippen molar-refractivity contribution in [2.75, 3.05) is 11.9 Å². The Kier molecular flexibility index (Phi) is 7.01. The number of benzene rings is 2. The Hall–Kier alpha value is -2.82. The fourth-order valence-electron chi connectivity index (χ4n) is 2.33. The molecule has 0 bridgehead atoms. The van der Waals surface area contributed by atoms with Crippen molar-refractivity contribution < 1.29 is 14.3 Å². The lowest BCUT2D eigenvalue weighted by Crippen LogP contribution is -2.24. The fraction of sp³-hybridized carbons (Fsp3) is 0.300. The molecule has 0 unspecified atom stereocenters. The first-order valence-corrected chi connectivity index (χ1v) is 8.42. The summed E-state index contributed by atoms with van der Waals surface area (Å²) in [6.45, 7) is 4.83. The van der Waals surface area contributed by atoms with Gasteiger partial charge in [-0.2, -0.15) is 0 Å². The van der Waals surface area contributed by atoms with Crippen molar-refractivity contribution in [1.82, 2.24) is 5.32 Å². The topological polar surface area (TPSA) is 67.4 Å². The zero-order valence-corrected chi connectivity index (χ0v) is 14.7. The average Bonchev–Trinajstić information content (AvgIpc) is 2.61. The first-order chi connectivity index (χ1) is 12.1. The molecule has 0 atom stereocenters. The first-order valence-electron chi connectivity index (χ1n) is 8.42. The number of carbonyl (C=O) groups is 2. The second-order valence-corrected chi connectivity index (χ2v) is 5.75. The molecule has 2 rings (SSSR count). The molecular formula is C20H24N2O3. The Bertz CT molecular complexity index is 714. The lowest BCUT2D eigenvalue weighted by Gasteiger charge is -2.11. The number of hydrogen-bond acceptors (Lipinski definition) is 3. The summed E-state index contributed by atoms with van der Waals surface area (Å²) < 4.78 is 5.77. The first kappa shape index (κ1) is 18.5. The van der Waals surface area contributed by atoms with Crippen LogP contribution < -0.4 is 15.4 Å². The summed E-state index contributed by atoms with van der Waals surface area (Å²) in [5, 5.41) is 5.51. The molecule has 0 radical (unpaired) electrons. The maximum absolute atomic E-state index is 11.9. The predicted molar refractivity (Wildman–Crippen MR) is 98.5 cm³/mol. The molecule has 0 aliphatic carbocycles. The van der Waals surface area contributed by atoms with Gasteiger partial charge < -0.3 is 15.4 Å². The Morgan fingerprint density at radius 1 is 1.00 bits per heavy atom.